The van der Waals surface area contributed by atoms with Crippen molar-refractivity contribution in [2.45, 2.75) is 13.8 Å². The first-order valence-corrected chi connectivity index (χ1v) is 20.5. The fourth-order valence-electron chi connectivity index (χ4n) is 8.46. The number of fused-ring (bicyclic) bond motifs is 2. The molecule has 1 amide bonds. The van der Waals surface area contributed by atoms with Crippen molar-refractivity contribution >= 4 is 79.3 Å². The molecule has 0 aromatic heterocycles. The van der Waals surface area contributed by atoms with Crippen molar-refractivity contribution in [3.05, 3.63) is 216 Å². The lowest BCUT2D eigenvalue weighted by molar-refractivity contribution is -0.123. The van der Waals surface area contributed by atoms with Gasteiger partial charge in [-0.2, -0.15) is 0 Å². The van der Waals surface area contributed by atoms with Gasteiger partial charge in [-0.3, -0.25) is 9.59 Å². The van der Waals surface area contributed by atoms with Crippen LogP contribution < -0.4 is 15.1 Å². The average molecular weight is 781 g/mol. The lowest BCUT2D eigenvalue weighted by atomic mass is 9.98. The van der Waals surface area contributed by atoms with Crippen LogP contribution in [0.3, 0.4) is 0 Å². The molecule has 0 saturated heterocycles. The van der Waals surface area contributed by atoms with Gasteiger partial charge in [-0.05, 0) is 96.4 Å². The van der Waals surface area contributed by atoms with E-state index >= 15 is 0 Å². The molecule has 0 unspecified atom stereocenters. The molecule has 1 aliphatic rings. The van der Waals surface area contributed by atoms with Gasteiger partial charge in [0.2, 0.25) is 0 Å². The fourth-order valence-corrected chi connectivity index (χ4v) is 8.46. The van der Waals surface area contributed by atoms with E-state index in [0.717, 1.165) is 73.1 Å². The topological polar surface area (TPSA) is 55.9 Å². The van der Waals surface area contributed by atoms with Crippen molar-refractivity contribution in [2.75, 3.05) is 22.9 Å². The molecule has 1 aliphatic heterocycles. The lowest BCUT2D eigenvalue weighted by Crippen LogP contribution is -2.27. The predicted octanol–water partition coefficient (Wildman–Crippen LogP) is 12.7. The number of nitrogens with one attached hydrogen (secondary N) is 1. The first-order chi connectivity index (χ1) is 29.6. The number of amides is 1. The number of likely N-dealkylation sites (N-methyl/N-ethyl adjacent to an activating group) is 1. The van der Waals surface area contributed by atoms with Crippen LogP contribution in [-0.4, -0.2) is 30.2 Å². The Morgan fingerprint density at radius 1 is 0.533 bits per heavy atom. The van der Waals surface area contributed by atoms with E-state index < -0.39 is 0 Å². The maximum absolute atomic E-state index is 14.5. The molecule has 6 nitrogen and oxygen atoms in total. The van der Waals surface area contributed by atoms with E-state index in [-0.39, 0.29) is 5.91 Å². The summed E-state index contributed by atoms with van der Waals surface area (Å²) in [4.78, 5) is 34.0. The van der Waals surface area contributed by atoms with Gasteiger partial charge in [0.1, 0.15) is 0 Å². The molecule has 6 heteroatoms. The number of rotatable bonds is 12. The Morgan fingerprint density at radius 3 is 1.47 bits per heavy atom. The summed E-state index contributed by atoms with van der Waals surface area (Å²) in [5.41, 5.74) is 9.67. The van der Waals surface area contributed by atoms with Crippen molar-refractivity contribution in [3.63, 3.8) is 0 Å². The molecule has 0 spiro atoms. The number of benzene rings is 8. The number of hydrogen-bond acceptors (Lipinski definition) is 5. The molecule has 8 aromatic carbocycles. The smallest absolute Gasteiger partial charge is 0.261 e. The van der Waals surface area contributed by atoms with Crippen LogP contribution in [0.25, 0.3) is 32.9 Å². The third-order valence-corrected chi connectivity index (χ3v) is 11.1. The summed E-state index contributed by atoms with van der Waals surface area (Å²) in [6.07, 6.45) is 0.835. The quantitative estimate of drug-likeness (QED) is 0.0988. The van der Waals surface area contributed by atoms with Gasteiger partial charge in [0.25, 0.3) is 5.91 Å². The summed E-state index contributed by atoms with van der Waals surface area (Å²) in [6.45, 7) is 4.91. The van der Waals surface area contributed by atoms with E-state index in [4.69, 9.17) is 0 Å². The minimum Gasteiger partial charge on any atom is -0.384 e. The third-order valence-electron chi connectivity index (χ3n) is 11.1. The van der Waals surface area contributed by atoms with Gasteiger partial charge in [-0.25, -0.2) is 0 Å². The van der Waals surface area contributed by atoms with E-state index in [1.165, 1.54) is 0 Å². The summed E-state index contributed by atoms with van der Waals surface area (Å²) in [5, 5.41) is 8.07. The summed E-state index contributed by atoms with van der Waals surface area (Å²) in [7, 11) is 0. The number of carbonyl (C=O) groups is 2. The van der Waals surface area contributed by atoms with Crippen LogP contribution in [0.2, 0.25) is 0 Å². The zero-order chi connectivity index (χ0) is 41.0. The van der Waals surface area contributed by atoms with E-state index in [9.17, 15) is 9.59 Å². The third kappa shape index (κ3) is 6.88. The van der Waals surface area contributed by atoms with Crippen molar-refractivity contribution in [2.24, 2.45) is 0 Å². The van der Waals surface area contributed by atoms with Gasteiger partial charge in [-0.1, -0.05) is 133 Å². The van der Waals surface area contributed by atoms with Crippen LogP contribution in [0.4, 0.5) is 34.1 Å². The molecule has 8 aromatic rings. The standard InChI is InChI=1S/C54H44N4O2/c1-3-55-52(40-29-33-44(34-30-40)57(42-21-7-5-8-22-42)49-27-15-19-38-17-11-13-25-46(38)49)51-48(37-59)53(56(4-2)54(51)60)41-31-35-45(36-32-41)58(43-23-9-6-10-24-43)50-28-16-20-39-18-12-14-26-47(39)50/h5-37,55H,3-4H2,1-2H3/b52-51+. The largest absolute Gasteiger partial charge is 0.384 e. The van der Waals surface area contributed by atoms with Gasteiger partial charge in [0.05, 0.1) is 33.9 Å². The second kappa shape index (κ2) is 16.6. The summed E-state index contributed by atoms with van der Waals surface area (Å²) in [5.74, 6) is -0.206. The molecule has 60 heavy (non-hydrogen) atoms. The minimum atomic E-state index is -0.206. The van der Waals surface area contributed by atoms with Crippen LogP contribution in [0, 0.1) is 0 Å². The molecule has 0 atom stereocenters. The monoisotopic (exact) mass is 780 g/mol. The SMILES string of the molecule is CCN/C(=C1/C(=O)N(CC)C(c2ccc(N(c3ccccc3)c3cccc4ccccc34)cc2)=C1C=O)c1ccc(N(c2ccccc2)c2cccc3ccccc23)cc1. The van der Waals surface area contributed by atoms with Gasteiger partial charge in [-0.15, -0.1) is 0 Å². The second-order valence-electron chi connectivity index (χ2n) is 14.6. The summed E-state index contributed by atoms with van der Waals surface area (Å²) < 4.78 is 0. The Balaban J connectivity index is 1.13. The zero-order valence-corrected chi connectivity index (χ0v) is 33.6. The summed E-state index contributed by atoms with van der Waals surface area (Å²) >= 11 is 0. The molecule has 9 rings (SSSR count). The Hall–Kier alpha value is -7.70. The first kappa shape index (κ1) is 37.9. The Morgan fingerprint density at radius 2 is 0.983 bits per heavy atom. The molecule has 1 heterocycles. The van der Waals surface area contributed by atoms with E-state index in [2.05, 4.69) is 149 Å². The molecule has 0 fully saturated rings. The van der Waals surface area contributed by atoms with E-state index in [1.54, 1.807) is 4.90 Å². The van der Waals surface area contributed by atoms with Crippen molar-refractivity contribution in [1.29, 1.82) is 0 Å². The van der Waals surface area contributed by atoms with Crippen LogP contribution >= 0.6 is 0 Å². The van der Waals surface area contributed by atoms with Crippen LogP contribution in [0.1, 0.15) is 25.0 Å². The van der Waals surface area contributed by atoms with Gasteiger partial charge >= 0.3 is 0 Å². The number of carbonyl (C=O) groups excluding carboxylic acids is 2. The first-order valence-electron chi connectivity index (χ1n) is 20.5. The number of nitrogens with zero attached hydrogens (tertiary/aromatic N) is 3. The number of anilines is 6. The van der Waals surface area contributed by atoms with Crippen LogP contribution in [-0.2, 0) is 9.59 Å². The molecular weight excluding hydrogens is 737 g/mol. The molecular formula is C54H44N4O2. The number of hydrogen-bond donors (Lipinski definition) is 1. The predicted molar refractivity (Wildman–Crippen MR) is 248 cm³/mol. The van der Waals surface area contributed by atoms with Crippen molar-refractivity contribution in [1.82, 2.24) is 10.2 Å². The van der Waals surface area contributed by atoms with Gasteiger partial charge in [0.15, 0.2) is 6.29 Å². The highest BCUT2D eigenvalue weighted by molar-refractivity contribution is 6.21. The highest BCUT2D eigenvalue weighted by atomic mass is 16.2. The maximum atomic E-state index is 14.5. The molecule has 1 N–H and O–H groups in total. The highest BCUT2D eigenvalue weighted by Gasteiger charge is 2.37. The fraction of sp³-hybridized carbons (Fsp3) is 0.0741. The molecule has 0 saturated carbocycles. The number of aldehydes is 1. The molecule has 292 valence electrons. The van der Waals surface area contributed by atoms with Crippen LogP contribution in [0.15, 0.2) is 205 Å². The lowest BCUT2D eigenvalue weighted by Gasteiger charge is -2.27. The second-order valence-corrected chi connectivity index (χ2v) is 14.6. The zero-order valence-electron chi connectivity index (χ0n) is 33.6. The molecule has 0 aliphatic carbocycles. The molecule has 0 bridgehead atoms. The minimum absolute atomic E-state index is 0.206. The Labute approximate surface area is 350 Å². The normalized spacial score (nSPS) is 13.5. The maximum Gasteiger partial charge on any atom is 0.261 e. The van der Waals surface area contributed by atoms with E-state index in [1.807, 2.05) is 74.5 Å². The highest BCUT2D eigenvalue weighted by Crippen LogP contribution is 2.43. The van der Waals surface area contributed by atoms with Gasteiger partial charge in [0, 0.05) is 46.6 Å². The molecule has 0 radical (unpaired) electrons. The van der Waals surface area contributed by atoms with E-state index in [0.29, 0.717) is 35.6 Å². The Kier molecular flexibility index (Phi) is 10.5. The summed E-state index contributed by atoms with van der Waals surface area (Å²) in [6, 6.07) is 66.5. The average Bonchev–Trinajstić information content (AvgIpc) is 3.60. The number of para-hydroxylation sites is 2. The Bertz CT molecular complexity index is 2890. The van der Waals surface area contributed by atoms with Crippen LogP contribution in [0.5, 0.6) is 0 Å². The van der Waals surface area contributed by atoms with Crippen molar-refractivity contribution in [3.8, 4) is 0 Å². The van der Waals surface area contributed by atoms with Gasteiger partial charge < -0.3 is 20.0 Å². The van der Waals surface area contributed by atoms with Crippen molar-refractivity contribution < 1.29 is 9.59 Å².